The molecule has 1 unspecified atom stereocenters. The SMILES string of the molecule is C/C(=C\C=C/S)C(=O)Nc1ccc(N2CCC(N(C)C)C2)cc1.C=C/C=C\C=C. The van der Waals surface area contributed by atoms with E-state index < -0.39 is 0 Å². The van der Waals surface area contributed by atoms with Gasteiger partial charge in [-0.2, -0.15) is 12.6 Å². The summed E-state index contributed by atoms with van der Waals surface area (Å²) >= 11 is 3.97. The molecule has 1 heterocycles. The lowest BCUT2D eigenvalue weighted by Crippen LogP contribution is -2.31. The number of thiol groups is 1. The number of amides is 1. The van der Waals surface area contributed by atoms with Gasteiger partial charge in [0, 0.05) is 36.1 Å². The van der Waals surface area contributed by atoms with Crippen molar-refractivity contribution in [1.82, 2.24) is 4.90 Å². The number of likely N-dealkylation sites (N-methyl/N-ethyl adjacent to an activating group) is 1. The average molecular weight is 412 g/mol. The van der Waals surface area contributed by atoms with E-state index >= 15 is 0 Å². The largest absolute Gasteiger partial charge is 0.370 e. The van der Waals surface area contributed by atoms with Crippen LogP contribution >= 0.6 is 12.6 Å². The first-order valence-corrected chi connectivity index (χ1v) is 10.1. The minimum atomic E-state index is -0.0990. The summed E-state index contributed by atoms with van der Waals surface area (Å²) in [6.07, 6.45) is 11.7. The number of nitrogens with zero attached hydrogens (tertiary/aromatic N) is 2. The van der Waals surface area contributed by atoms with Gasteiger partial charge in [0.15, 0.2) is 0 Å². The highest BCUT2D eigenvalue weighted by atomic mass is 32.1. The van der Waals surface area contributed by atoms with Crippen LogP contribution in [0.15, 0.2) is 84.9 Å². The van der Waals surface area contributed by atoms with Gasteiger partial charge in [0.1, 0.15) is 0 Å². The maximum absolute atomic E-state index is 12.0. The molecule has 2 rings (SSSR count). The number of carbonyl (C=O) groups is 1. The van der Waals surface area contributed by atoms with Crippen LogP contribution in [0.4, 0.5) is 11.4 Å². The van der Waals surface area contributed by atoms with Gasteiger partial charge < -0.3 is 15.1 Å². The summed E-state index contributed by atoms with van der Waals surface area (Å²) in [4.78, 5) is 16.7. The second-order valence-corrected chi connectivity index (χ2v) is 7.20. The fraction of sp³-hybridized carbons (Fsp3) is 0.292. The predicted molar refractivity (Wildman–Crippen MR) is 131 cm³/mol. The summed E-state index contributed by atoms with van der Waals surface area (Å²) in [5, 5.41) is 4.50. The summed E-state index contributed by atoms with van der Waals surface area (Å²) < 4.78 is 0. The van der Waals surface area contributed by atoms with E-state index in [9.17, 15) is 4.79 Å². The molecule has 0 bridgehead atoms. The van der Waals surface area contributed by atoms with Crippen LogP contribution in [0.1, 0.15) is 13.3 Å². The second-order valence-electron chi connectivity index (χ2n) is 6.90. The lowest BCUT2D eigenvalue weighted by Gasteiger charge is -2.22. The molecule has 156 valence electrons. The topological polar surface area (TPSA) is 35.6 Å². The average Bonchev–Trinajstić information content (AvgIpc) is 3.22. The maximum atomic E-state index is 12.0. The van der Waals surface area contributed by atoms with Gasteiger partial charge in [-0.05, 0) is 57.1 Å². The molecule has 1 fully saturated rings. The van der Waals surface area contributed by atoms with Crippen molar-refractivity contribution in [3.8, 4) is 0 Å². The van der Waals surface area contributed by atoms with Crippen molar-refractivity contribution in [2.45, 2.75) is 19.4 Å². The fourth-order valence-corrected chi connectivity index (χ4v) is 2.89. The van der Waals surface area contributed by atoms with Gasteiger partial charge in [-0.3, -0.25) is 4.79 Å². The molecule has 0 spiro atoms. The Bertz CT molecular complexity index is 738. The first-order chi connectivity index (χ1) is 13.9. The zero-order chi connectivity index (χ0) is 21.6. The van der Waals surface area contributed by atoms with Crippen molar-refractivity contribution in [3.05, 3.63) is 84.9 Å². The van der Waals surface area contributed by atoms with Crippen LogP contribution in [0.25, 0.3) is 0 Å². The fourth-order valence-electron chi connectivity index (χ4n) is 2.80. The second kappa shape index (κ2) is 13.6. The van der Waals surface area contributed by atoms with E-state index in [-0.39, 0.29) is 5.91 Å². The van der Waals surface area contributed by atoms with E-state index in [1.54, 1.807) is 36.6 Å². The van der Waals surface area contributed by atoms with E-state index in [2.05, 4.69) is 67.1 Å². The molecule has 1 atom stereocenters. The smallest absolute Gasteiger partial charge is 0.251 e. The molecule has 1 aliphatic heterocycles. The molecule has 0 saturated carbocycles. The van der Waals surface area contributed by atoms with Crippen molar-refractivity contribution in [2.75, 3.05) is 37.4 Å². The number of allylic oxidation sites excluding steroid dienone is 6. The lowest BCUT2D eigenvalue weighted by atomic mass is 10.2. The molecule has 0 aromatic heterocycles. The van der Waals surface area contributed by atoms with Crippen molar-refractivity contribution in [3.63, 3.8) is 0 Å². The molecule has 1 N–H and O–H groups in total. The molecule has 1 saturated heterocycles. The van der Waals surface area contributed by atoms with Crippen LogP contribution in [-0.4, -0.2) is 44.0 Å². The van der Waals surface area contributed by atoms with Crippen LogP contribution in [-0.2, 0) is 4.79 Å². The minimum absolute atomic E-state index is 0.0990. The Kier molecular flexibility index (Phi) is 11.5. The summed E-state index contributed by atoms with van der Waals surface area (Å²) in [7, 11) is 4.26. The molecule has 0 aliphatic carbocycles. The van der Waals surface area contributed by atoms with Gasteiger partial charge in [-0.25, -0.2) is 0 Å². The number of hydrogen-bond acceptors (Lipinski definition) is 4. The van der Waals surface area contributed by atoms with Crippen molar-refractivity contribution >= 4 is 29.9 Å². The molecule has 0 radical (unpaired) electrons. The molecule has 1 aromatic carbocycles. The predicted octanol–water partition coefficient (Wildman–Crippen LogP) is 5.07. The summed E-state index contributed by atoms with van der Waals surface area (Å²) in [5.41, 5.74) is 2.66. The molecule has 1 amide bonds. The third-order valence-electron chi connectivity index (χ3n) is 4.56. The summed E-state index contributed by atoms with van der Waals surface area (Å²) in [6, 6.07) is 8.67. The molecule has 5 heteroatoms. The van der Waals surface area contributed by atoms with Gasteiger partial charge in [0.2, 0.25) is 0 Å². The zero-order valence-corrected chi connectivity index (χ0v) is 18.6. The van der Waals surface area contributed by atoms with Gasteiger partial charge in [0.25, 0.3) is 5.91 Å². The van der Waals surface area contributed by atoms with Gasteiger partial charge in [-0.1, -0.05) is 49.6 Å². The summed E-state index contributed by atoms with van der Waals surface area (Å²) in [5.74, 6) is -0.0990. The number of anilines is 2. The number of hydrogen-bond donors (Lipinski definition) is 2. The highest BCUT2D eigenvalue weighted by Crippen LogP contribution is 2.24. The van der Waals surface area contributed by atoms with Crippen molar-refractivity contribution < 1.29 is 4.79 Å². The Morgan fingerprint density at radius 1 is 1.17 bits per heavy atom. The number of carbonyl (C=O) groups excluding carboxylic acids is 1. The van der Waals surface area contributed by atoms with Crippen molar-refractivity contribution in [1.29, 1.82) is 0 Å². The van der Waals surface area contributed by atoms with Gasteiger partial charge >= 0.3 is 0 Å². The maximum Gasteiger partial charge on any atom is 0.251 e. The Morgan fingerprint density at radius 2 is 1.79 bits per heavy atom. The molecule has 1 aliphatic rings. The van der Waals surface area contributed by atoms with E-state index in [0.717, 1.165) is 18.8 Å². The van der Waals surface area contributed by atoms with Gasteiger partial charge in [-0.15, -0.1) is 0 Å². The molecule has 4 nitrogen and oxygen atoms in total. The first-order valence-electron chi connectivity index (χ1n) is 9.63. The van der Waals surface area contributed by atoms with Gasteiger partial charge in [0.05, 0.1) is 0 Å². The van der Waals surface area contributed by atoms with E-state index in [0.29, 0.717) is 11.6 Å². The monoisotopic (exact) mass is 411 g/mol. The zero-order valence-electron chi connectivity index (χ0n) is 17.7. The third-order valence-corrected chi connectivity index (χ3v) is 4.73. The number of rotatable bonds is 7. The number of benzene rings is 1. The van der Waals surface area contributed by atoms with Crippen LogP contribution in [0.2, 0.25) is 0 Å². The Balaban J connectivity index is 0.000000612. The van der Waals surface area contributed by atoms with Crippen LogP contribution < -0.4 is 10.2 Å². The molecule has 29 heavy (non-hydrogen) atoms. The Labute approximate surface area is 181 Å². The first kappa shape index (κ1) is 24.5. The molecule has 1 aromatic rings. The Hall–Kier alpha value is -2.50. The lowest BCUT2D eigenvalue weighted by molar-refractivity contribution is -0.112. The molecular weight excluding hydrogens is 378 g/mol. The molecular formula is C24H33N3OS. The number of nitrogens with one attached hydrogen (secondary N) is 1. The van der Waals surface area contributed by atoms with Crippen LogP contribution in [0, 0.1) is 0 Å². The quantitative estimate of drug-likeness (QED) is 0.374. The van der Waals surface area contributed by atoms with Crippen LogP contribution in [0.3, 0.4) is 0 Å². The standard InChI is InChI=1S/C18H25N3OS.C6H8/c1-14(5-4-12-23)18(22)19-15-6-8-16(9-7-15)21-11-10-17(13-21)20(2)3;1-3-5-6-4-2/h4-9,12,17,23H,10-11,13H2,1-3H3,(H,19,22);3-6H,1-2H2/b12-4-,14-5+;6-5-. The highest BCUT2D eigenvalue weighted by molar-refractivity contribution is 7.83. The normalized spacial score (nSPS) is 16.8. The van der Waals surface area contributed by atoms with E-state index in [1.165, 1.54) is 12.1 Å². The Morgan fingerprint density at radius 3 is 2.28 bits per heavy atom. The highest BCUT2D eigenvalue weighted by Gasteiger charge is 2.23. The third kappa shape index (κ3) is 9.03. The minimum Gasteiger partial charge on any atom is -0.370 e. The van der Waals surface area contributed by atoms with Crippen LogP contribution in [0.5, 0.6) is 0 Å². The van der Waals surface area contributed by atoms with E-state index in [4.69, 9.17) is 0 Å². The van der Waals surface area contributed by atoms with E-state index in [1.807, 2.05) is 24.3 Å². The summed E-state index contributed by atoms with van der Waals surface area (Å²) in [6.45, 7) is 10.8. The van der Waals surface area contributed by atoms with Crippen molar-refractivity contribution in [2.24, 2.45) is 0 Å².